The second-order valence-corrected chi connectivity index (χ2v) is 10.2. The molecule has 0 spiro atoms. The quantitative estimate of drug-likeness (QED) is 0.505. The van der Waals surface area contributed by atoms with E-state index in [4.69, 9.17) is 13.2 Å². The summed E-state index contributed by atoms with van der Waals surface area (Å²) < 4.78 is 25.1. The fourth-order valence-electron chi connectivity index (χ4n) is 4.69. The van der Waals surface area contributed by atoms with Gasteiger partial charge in [0.2, 0.25) is 0 Å². The molecule has 36 heavy (non-hydrogen) atoms. The molecule has 3 N–H and O–H groups in total. The van der Waals surface area contributed by atoms with E-state index in [2.05, 4.69) is 33.9 Å². The molecule has 3 aromatic rings. The van der Waals surface area contributed by atoms with Gasteiger partial charge in [-0.25, -0.2) is 4.98 Å². The minimum atomic E-state index is -2.18. The van der Waals surface area contributed by atoms with E-state index in [0.717, 1.165) is 56.3 Å². The molecule has 1 atom stereocenters. The van der Waals surface area contributed by atoms with Crippen molar-refractivity contribution < 1.29 is 12.6 Å². The molecule has 1 aliphatic heterocycles. The number of likely N-dealkylation sites (tertiary alicyclic amines) is 1. The highest BCUT2D eigenvalue weighted by molar-refractivity contribution is 5.65. The van der Waals surface area contributed by atoms with Crippen LogP contribution in [-0.2, 0) is 6.56 Å². The minimum absolute atomic E-state index is 0.104. The van der Waals surface area contributed by atoms with Crippen LogP contribution in [0.4, 0.5) is 5.82 Å². The SMILES string of the molecule is [2H]C([2H])(Oc1cc(-c2cnn(C3CCN(C)CC3)c2)cnc1N)c1cccc(C#CC(C)(O)C2CCC2)c1. The zero-order valence-electron chi connectivity index (χ0n) is 22.9. The smallest absolute Gasteiger partial charge is 0.166 e. The van der Waals surface area contributed by atoms with E-state index in [-0.39, 0.29) is 17.5 Å². The van der Waals surface area contributed by atoms with E-state index in [1.807, 2.05) is 10.9 Å². The van der Waals surface area contributed by atoms with E-state index >= 15 is 0 Å². The molecule has 3 heterocycles. The number of nitrogen functional groups attached to an aromatic ring is 1. The average Bonchev–Trinajstić information content (AvgIpc) is 3.34. The van der Waals surface area contributed by atoms with Crippen molar-refractivity contribution in [3.8, 4) is 28.7 Å². The van der Waals surface area contributed by atoms with Crippen molar-refractivity contribution in [1.82, 2.24) is 19.7 Å². The summed E-state index contributed by atoms with van der Waals surface area (Å²) in [7, 11) is 2.13. The van der Waals surface area contributed by atoms with Crippen molar-refractivity contribution in [3.05, 3.63) is 60.0 Å². The first kappa shape index (κ1) is 21.9. The van der Waals surface area contributed by atoms with Crippen LogP contribution in [0.3, 0.4) is 0 Å². The Hall–Kier alpha value is -3.34. The Morgan fingerprint density at radius 2 is 2.00 bits per heavy atom. The van der Waals surface area contributed by atoms with Gasteiger partial charge in [-0.3, -0.25) is 4.68 Å². The zero-order chi connectivity index (χ0) is 26.9. The van der Waals surface area contributed by atoms with E-state index < -0.39 is 12.2 Å². The van der Waals surface area contributed by atoms with E-state index in [0.29, 0.717) is 17.2 Å². The molecule has 2 aromatic heterocycles. The van der Waals surface area contributed by atoms with Gasteiger partial charge in [-0.05, 0) is 82.4 Å². The van der Waals surface area contributed by atoms with Crippen LogP contribution in [-0.4, -0.2) is 50.5 Å². The molecular formula is C29H35N5O2. The van der Waals surface area contributed by atoms with Crippen molar-refractivity contribution in [2.24, 2.45) is 5.92 Å². The molecule has 1 saturated carbocycles. The third-order valence-electron chi connectivity index (χ3n) is 7.38. The second kappa shape index (κ2) is 10.3. The number of pyridine rings is 1. The number of nitrogens with two attached hydrogens (primary N) is 1. The third-order valence-corrected chi connectivity index (χ3v) is 7.38. The van der Waals surface area contributed by atoms with E-state index in [9.17, 15) is 5.11 Å². The summed E-state index contributed by atoms with van der Waals surface area (Å²) in [5, 5.41) is 15.2. The van der Waals surface area contributed by atoms with Crippen LogP contribution in [0.2, 0.25) is 0 Å². The molecule has 0 amide bonds. The predicted molar refractivity (Wildman–Crippen MR) is 141 cm³/mol. The van der Waals surface area contributed by atoms with Crippen molar-refractivity contribution in [3.63, 3.8) is 0 Å². The molecule has 2 fully saturated rings. The lowest BCUT2D eigenvalue weighted by molar-refractivity contribution is 0.0163. The van der Waals surface area contributed by atoms with Gasteiger partial charge in [0.15, 0.2) is 11.6 Å². The first-order chi connectivity index (χ1) is 18.1. The van der Waals surface area contributed by atoms with Crippen molar-refractivity contribution in [2.45, 2.75) is 57.2 Å². The lowest BCUT2D eigenvalue weighted by Crippen LogP contribution is -2.37. The summed E-state index contributed by atoms with van der Waals surface area (Å²) in [5.74, 6) is 6.43. The predicted octanol–water partition coefficient (Wildman–Crippen LogP) is 4.28. The fourth-order valence-corrected chi connectivity index (χ4v) is 4.69. The normalized spacial score (nSPS) is 19.9. The lowest BCUT2D eigenvalue weighted by atomic mass is 9.74. The molecule has 1 unspecified atom stereocenters. The Bertz CT molecular complexity index is 1350. The number of nitrogens with zero attached hydrogens (tertiary/aromatic N) is 4. The summed E-state index contributed by atoms with van der Waals surface area (Å²) in [6.07, 6.45) is 10.6. The molecular weight excluding hydrogens is 450 g/mol. The highest BCUT2D eigenvalue weighted by atomic mass is 16.5. The molecule has 7 heteroatoms. The van der Waals surface area contributed by atoms with Gasteiger partial charge in [0, 0.05) is 29.1 Å². The fraction of sp³-hybridized carbons (Fsp3) is 0.448. The largest absolute Gasteiger partial charge is 0.485 e. The summed E-state index contributed by atoms with van der Waals surface area (Å²) >= 11 is 0. The molecule has 1 aromatic carbocycles. The zero-order valence-corrected chi connectivity index (χ0v) is 20.9. The average molecular weight is 488 g/mol. The summed E-state index contributed by atoms with van der Waals surface area (Å²) in [5.41, 5.74) is 7.56. The summed E-state index contributed by atoms with van der Waals surface area (Å²) in [6, 6.07) is 8.88. The highest BCUT2D eigenvalue weighted by Crippen LogP contribution is 2.35. The highest BCUT2D eigenvalue weighted by Gasteiger charge is 2.34. The number of rotatable bonds is 6. The number of hydrogen-bond acceptors (Lipinski definition) is 6. The molecule has 0 radical (unpaired) electrons. The lowest BCUT2D eigenvalue weighted by Gasteiger charge is -2.35. The van der Waals surface area contributed by atoms with Crippen LogP contribution in [0, 0.1) is 17.8 Å². The van der Waals surface area contributed by atoms with Gasteiger partial charge in [-0.1, -0.05) is 30.4 Å². The number of hydrogen-bond donors (Lipinski definition) is 2. The molecule has 0 bridgehead atoms. The standard InChI is InChI=1S/C29H35N5O2/c1-29(35,25-7-4-8-25)12-9-21-5-3-6-22(15-21)20-36-27-16-23(17-31-28(27)30)24-18-32-34(19-24)26-10-13-33(2)14-11-26/h3,5-6,15-19,25-26,35H,4,7-8,10-11,13-14,20H2,1-2H3,(H2,30,31)/i20D2. The van der Waals surface area contributed by atoms with Gasteiger partial charge in [0.05, 0.1) is 15.0 Å². The Morgan fingerprint density at radius 1 is 1.19 bits per heavy atom. The van der Waals surface area contributed by atoms with Gasteiger partial charge in [0.1, 0.15) is 12.2 Å². The second-order valence-electron chi connectivity index (χ2n) is 10.2. The first-order valence-electron chi connectivity index (χ1n) is 13.6. The number of piperidine rings is 1. The van der Waals surface area contributed by atoms with Gasteiger partial charge in [-0.2, -0.15) is 5.10 Å². The van der Waals surface area contributed by atoms with Crippen molar-refractivity contribution >= 4 is 5.82 Å². The van der Waals surface area contributed by atoms with Crippen LogP contribution in [0.25, 0.3) is 11.1 Å². The minimum Gasteiger partial charge on any atom is -0.485 e. The number of aromatic nitrogens is 3. The Balaban J connectivity index is 1.33. The van der Waals surface area contributed by atoms with Gasteiger partial charge < -0.3 is 20.5 Å². The molecule has 7 nitrogen and oxygen atoms in total. The van der Waals surface area contributed by atoms with Crippen molar-refractivity contribution in [2.75, 3.05) is 25.9 Å². The Morgan fingerprint density at radius 3 is 2.75 bits per heavy atom. The number of anilines is 1. The summed E-state index contributed by atoms with van der Waals surface area (Å²) in [6.45, 7) is 1.66. The van der Waals surface area contributed by atoms with Crippen LogP contribution in [0.15, 0.2) is 48.9 Å². The number of aliphatic hydroxyl groups is 1. The topological polar surface area (TPSA) is 89.4 Å². The molecule has 188 valence electrons. The first-order valence-corrected chi connectivity index (χ1v) is 12.6. The maximum Gasteiger partial charge on any atom is 0.166 e. The maximum absolute atomic E-state index is 10.7. The Labute approximate surface area is 216 Å². The molecule has 1 saturated heterocycles. The van der Waals surface area contributed by atoms with Crippen LogP contribution < -0.4 is 10.5 Å². The Kier molecular flexibility index (Phi) is 6.29. The summed E-state index contributed by atoms with van der Waals surface area (Å²) in [4.78, 5) is 6.58. The van der Waals surface area contributed by atoms with Gasteiger partial charge >= 0.3 is 0 Å². The van der Waals surface area contributed by atoms with Crippen LogP contribution in [0.1, 0.15) is 58.9 Å². The maximum atomic E-state index is 10.7. The monoisotopic (exact) mass is 487 g/mol. The molecule has 5 rings (SSSR count). The van der Waals surface area contributed by atoms with Crippen LogP contribution >= 0.6 is 0 Å². The van der Waals surface area contributed by atoms with Crippen LogP contribution in [0.5, 0.6) is 5.75 Å². The molecule has 2 aliphatic rings. The molecule has 1 aliphatic carbocycles. The van der Waals surface area contributed by atoms with Gasteiger partial charge in [0.25, 0.3) is 0 Å². The third kappa shape index (κ3) is 5.56. The van der Waals surface area contributed by atoms with Crippen molar-refractivity contribution in [1.29, 1.82) is 0 Å². The van der Waals surface area contributed by atoms with E-state index in [1.165, 1.54) is 0 Å². The number of ether oxygens (including phenoxy) is 1. The van der Waals surface area contributed by atoms with E-state index in [1.54, 1.807) is 49.6 Å². The van der Waals surface area contributed by atoms with Gasteiger partial charge in [-0.15, -0.1) is 0 Å². The number of benzene rings is 1.